The second kappa shape index (κ2) is 7.41. The average Bonchev–Trinajstić information content (AvgIpc) is 2.75. The Bertz CT molecular complexity index is 508. The molecule has 0 aliphatic carbocycles. The van der Waals surface area contributed by atoms with Gasteiger partial charge in [-0.15, -0.1) is 11.6 Å². The van der Waals surface area contributed by atoms with Gasteiger partial charge in [-0.1, -0.05) is 37.1 Å². The molecule has 4 nitrogen and oxygen atoms in total. The Morgan fingerprint density at radius 3 is 2.10 bits per heavy atom. The summed E-state index contributed by atoms with van der Waals surface area (Å²) in [6.45, 7) is 1.57. The quantitative estimate of drug-likeness (QED) is 0.849. The number of benzene rings is 1. The van der Waals surface area contributed by atoms with Crippen LogP contribution in [-0.4, -0.2) is 25.8 Å². The summed E-state index contributed by atoms with van der Waals surface area (Å²) in [5.41, 5.74) is 1.98. The lowest BCUT2D eigenvalue weighted by Crippen LogP contribution is -2.40. The van der Waals surface area contributed by atoms with Crippen LogP contribution < -0.4 is 4.72 Å². The van der Waals surface area contributed by atoms with E-state index in [1.165, 1.54) is 0 Å². The van der Waals surface area contributed by atoms with Crippen molar-refractivity contribution >= 4 is 21.8 Å². The molecule has 0 saturated carbocycles. The third-order valence-corrected chi connectivity index (χ3v) is 5.40. The van der Waals surface area contributed by atoms with Crippen molar-refractivity contribution in [1.29, 1.82) is 0 Å². The van der Waals surface area contributed by atoms with E-state index in [4.69, 9.17) is 11.6 Å². The Morgan fingerprint density at radius 1 is 1.00 bits per heavy atom. The van der Waals surface area contributed by atoms with E-state index in [0.717, 1.165) is 36.8 Å². The number of rotatable bonds is 5. The summed E-state index contributed by atoms with van der Waals surface area (Å²) in [7, 11) is -3.36. The van der Waals surface area contributed by atoms with Crippen LogP contribution in [0.15, 0.2) is 24.3 Å². The van der Waals surface area contributed by atoms with Gasteiger partial charge < -0.3 is 0 Å². The number of nitrogens with zero attached hydrogens (tertiary/aromatic N) is 1. The Labute approximate surface area is 126 Å². The first-order chi connectivity index (χ1) is 9.62. The summed E-state index contributed by atoms with van der Waals surface area (Å²) < 4.78 is 28.7. The smallest absolute Gasteiger partial charge is 0.198 e. The van der Waals surface area contributed by atoms with Crippen LogP contribution in [0.3, 0.4) is 0 Å². The lowest BCUT2D eigenvalue weighted by atomic mass is 10.1. The number of alkyl halides is 1. The van der Waals surface area contributed by atoms with Crippen molar-refractivity contribution in [3.05, 3.63) is 35.4 Å². The fourth-order valence-corrected chi connectivity index (χ4v) is 3.74. The van der Waals surface area contributed by atoms with Gasteiger partial charge >= 0.3 is 0 Å². The minimum atomic E-state index is -3.36. The van der Waals surface area contributed by atoms with E-state index >= 15 is 0 Å². The first-order valence-electron chi connectivity index (χ1n) is 7.00. The molecule has 1 aliphatic heterocycles. The zero-order valence-corrected chi connectivity index (χ0v) is 13.1. The highest BCUT2D eigenvalue weighted by Crippen LogP contribution is 2.13. The maximum Gasteiger partial charge on any atom is 0.279 e. The molecule has 20 heavy (non-hydrogen) atoms. The third-order valence-electron chi connectivity index (χ3n) is 3.54. The van der Waals surface area contributed by atoms with Crippen molar-refractivity contribution < 1.29 is 8.42 Å². The van der Waals surface area contributed by atoms with Gasteiger partial charge in [-0.25, -0.2) is 0 Å². The molecule has 1 fully saturated rings. The summed E-state index contributed by atoms with van der Waals surface area (Å²) in [6.07, 6.45) is 4.13. The first-order valence-corrected chi connectivity index (χ1v) is 8.98. The molecule has 0 spiro atoms. The van der Waals surface area contributed by atoms with Gasteiger partial charge in [0.2, 0.25) is 0 Å². The maximum absolute atomic E-state index is 12.2. The van der Waals surface area contributed by atoms with Crippen LogP contribution in [0.2, 0.25) is 0 Å². The van der Waals surface area contributed by atoms with Gasteiger partial charge in [0, 0.05) is 25.5 Å². The van der Waals surface area contributed by atoms with Crippen LogP contribution in [0.4, 0.5) is 0 Å². The predicted octanol–water partition coefficient (Wildman–Crippen LogP) is 2.64. The molecule has 0 bridgehead atoms. The highest BCUT2D eigenvalue weighted by molar-refractivity contribution is 7.87. The molecule has 112 valence electrons. The first kappa shape index (κ1) is 15.8. The largest absolute Gasteiger partial charge is 0.279 e. The second-order valence-corrected chi connectivity index (χ2v) is 7.11. The predicted molar refractivity (Wildman–Crippen MR) is 81.8 cm³/mol. The molecule has 2 rings (SSSR count). The van der Waals surface area contributed by atoms with E-state index in [9.17, 15) is 8.42 Å². The Morgan fingerprint density at radius 2 is 1.55 bits per heavy atom. The zero-order valence-electron chi connectivity index (χ0n) is 11.5. The normalized spacial score (nSPS) is 17.9. The Kier molecular flexibility index (Phi) is 5.84. The van der Waals surface area contributed by atoms with E-state index in [0.29, 0.717) is 25.5 Å². The number of nitrogens with one attached hydrogen (secondary N) is 1. The summed E-state index contributed by atoms with van der Waals surface area (Å²) in [5, 5.41) is 0. The van der Waals surface area contributed by atoms with Crippen LogP contribution >= 0.6 is 11.6 Å². The van der Waals surface area contributed by atoms with Gasteiger partial charge in [0.25, 0.3) is 10.2 Å². The Hall–Kier alpha value is -0.620. The molecule has 1 aromatic carbocycles. The fraction of sp³-hybridized carbons (Fsp3) is 0.571. The molecule has 0 aromatic heterocycles. The van der Waals surface area contributed by atoms with Crippen molar-refractivity contribution in [2.24, 2.45) is 0 Å². The van der Waals surface area contributed by atoms with Crippen molar-refractivity contribution in [1.82, 2.24) is 9.03 Å². The molecular formula is C14H21ClN2O2S. The number of halogens is 1. The minimum Gasteiger partial charge on any atom is -0.198 e. The van der Waals surface area contributed by atoms with E-state index < -0.39 is 10.2 Å². The summed E-state index contributed by atoms with van der Waals surface area (Å²) in [5.74, 6) is 0.472. The van der Waals surface area contributed by atoms with Crippen LogP contribution in [0.5, 0.6) is 0 Å². The molecule has 1 N–H and O–H groups in total. The lowest BCUT2D eigenvalue weighted by molar-refractivity contribution is 0.414. The Balaban J connectivity index is 1.93. The van der Waals surface area contributed by atoms with Gasteiger partial charge in [-0.3, -0.25) is 0 Å². The molecule has 0 unspecified atom stereocenters. The standard InChI is InChI=1S/C14H21ClN2O2S/c15-11-13-5-7-14(8-6-13)12-16-20(18,19)17-9-3-1-2-4-10-17/h5-8,16H,1-4,9-12H2. The van der Waals surface area contributed by atoms with Crippen molar-refractivity contribution in [2.75, 3.05) is 13.1 Å². The van der Waals surface area contributed by atoms with Gasteiger partial charge in [0.05, 0.1) is 0 Å². The van der Waals surface area contributed by atoms with Crippen LogP contribution in [0, 0.1) is 0 Å². The minimum absolute atomic E-state index is 0.321. The summed E-state index contributed by atoms with van der Waals surface area (Å²) in [4.78, 5) is 0. The van der Waals surface area contributed by atoms with Gasteiger partial charge in [-0.2, -0.15) is 17.4 Å². The van der Waals surface area contributed by atoms with Crippen LogP contribution in [0.25, 0.3) is 0 Å². The molecular weight excluding hydrogens is 296 g/mol. The van der Waals surface area contributed by atoms with Gasteiger partial charge in [0.1, 0.15) is 0 Å². The van der Waals surface area contributed by atoms with Gasteiger partial charge in [-0.05, 0) is 24.0 Å². The number of hydrogen-bond donors (Lipinski definition) is 1. The highest BCUT2D eigenvalue weighted by Gasteiger charge is 2.22. The molecule has 0 amide bonds. The summed E-state index contributed by atoms with van der Waals surface area (Å²) in [6, 6.07) is 7.65. The van der Waals surface area contributed by atoms with Crippen LogP contribution in [-0.2, 0) is 22.6 Å². The molecule has 1 saturated heterocycles. The van der Waals surface area contributed by atoms with E-state index in [2.05, 4.69) is 4.72 Å². The van der Waals surface area contributed by atoms with E-state index in [1.54, 1.807) is 4.31 Å². The average molecular weight is 317 g/mol. The SMILES string of the molecule is O=S(=O)(NCc1ccc(CCl)cc1)N1CCCCCC1. The highest BCUT2D eigenvalue weighted by atomic mass is 35.5. The van der Waals surface area contributed by atoms with Crippen molar-refractivity contribution in [2.45, 2.75) is 38.1 Å². The maximum atomic E-state index is 12.2. The fourth-order valence-electron chi connectivity index (χ4n) is 2.29. The molecule has 6 heteroatoms. The van der Waals surface area contributed by atoms with E-state index in [-0.39, 0.29) is 0 Å². The monoisotopic (exact) mass is 316 g/mol. The molecule has 1 aromatic rings. The lowest BCUT2D eigenvalue weighted by Gasteiger charge is -2.20. The molecule has 0 atom stereocenters. The van der Waals surface area contributed by atoms with Crippen molar-refractivity contribution in [3.8, 4) is 0 Å². The van der Waals surface area contributed by atoms with Gasteiger partial charge in [0.15, 0.2) is 0 Å². The topological polar surface area (TPSA) is 49.4 Å². The third kappa shape index (κ3) is 4.45. The molecule has 0 radical (unpaired) electrons. The molecule has 1 heterocycles. The second-order valence-electron chi connectivity index (χ2n) is 5.09. The zero-order chi connectivity index (χ0) is 14.4. The van der Waals surface area contributed by atoms with Crippen molar-refractivity contribution in [3.63, 3.8) is 0 Å². The number of hydrogen-bond acceptors (Lipinski definition) is 2. The summed E-state index contributed by atoms with van der Waals surface area (Å²) >= 11 is 5.73. The van der Waals surface area contributed by atoms with E-state index in [1.807, 2.05) is 24.3 Å². The van der Waals surface area contributed by atoms with Crippen LogP contribution in [0.1, 0.15) is 36.8 Å². The molecule has 1 aliphatic rings.